The lowest BCUT2D eigenvalue weighted by Crippen LogP contribution is -2.18. The molecule has 1 aliphatic rings. The summed E-state index contributed by atoms with van der Waals surface area (Å²) in [6.07, 6.45) is 2.22. The fourth-order valence-corrected chi connectivity index (χ4v) is 3.31. The first-order valence-electron chi connectivity index (χ1n) is 7.35. The quantitative estimate of drug-likeness (QED) is 0.807. The zero-order valence-electron chi connectivity index (χ0n) is 12.4. The molecule has 2 heterocycles. The highest BCUT2D eigenvalue weighted by molar-refractivity contribution is 7.99. The van der Waals surface area contributed by atoms with E-state index in [1.807, 2.05) is 28.8 Å². The number of amides is 1. The molecule has 3 rings (SSSR count). The van der Waals surface area contributed by atoms with Crippen LogP contribution in [0.3, 0.4) is 0 Å². The van der Waals surface area contributed by atoms with Crippen molar-refractivity contribution in [2.75, 3.05) is 12.4 Å². The van der Waals surface area contributed by atoms with Gasteiger partial charge in [-0.15, -0.1) is 10.2 Å². The van der Waals surface area contributed by atoms with E-state index in [2.05, 4.69) is 10.2 Å². The predicted octanol–water partition coefficient (Wildman–Crippen LogP) is 2.35. The van der Waals surface area contributed by atoms with Crippen molar-refractivity contribution >= 4 is 29.3 Å². The lowest BCUT2D eigenvalue weighted by molar-refractivity contribution is -0.115. The van der Waals surface area contributed by atoms with Gasteiger partial charge in [0.25, 0.3) is 0 Å². The molecule has 122 valence electrons. The van der Waals surface area contributed by atoms with Crippen molar-refractivity contribution in [1.29, 1.82) is 0 Å². The molecule has 1 atom stereocenters. The molecule has 0 aliphatic carbocycles. The third-order valence-corrected chi connectivity index (χ3v) is 4.81. The minimum absolute atomic E-state index is 0.143. The number of nitrogens with zero attached hydrogens (tertiary/aromatic N) is 3. The number of primary amides is 1. The molecule has 1 fully saturated rings. The number of nitrogens with two attached hydrogens (primary N) is 1. The second-order valence-corrected chi connectivity index (χ2v) is 6.69. The summed E-state index contributed by atoms with van der Waals surface area (Å²) in [5, 5.41) is 9.83. The van der Waals surface area contributed by atoms with Crippen LogP contribution in [0, 0.1) is 0 Å². The first kappa shape index (κ1) is 16.3. The second kappa shape index (κ2) is 7.33. The van der Waals surface area contributed by atoms with Gasteiger partial charge in [-0.2, -0.15) is 0 Å². The van der Waals surface area contributed by atoms with Gasteiger partial charge in [0, 0.05) is 17.2 Å². The van der Waals surface area contributed by atoms with Crippen LogP contribution in [0.1, 0.15) is 12.8 Å². The minimum atomic E-state index is -0.380. The highest BCUT2D eigenvalue weighted by Gasteiger charge is 2.22. The maximum Gasteiger partial charge on any atom is 0.227 e. The molecule has 1 aromatic heterocycles. The Bertz CT molecular complexity index is 683. The molecule has 6 nitrogen and oxygen atoms in total. The van der Waals surface area contributed by atoms with E-state index >= 15 is 0 Å². The van der Waals surface area contributed by atoms with E-state index in [-0.39, 0.29) is 17.8 Å². The van der Waals surface area contributed by atoms with Crippen LogP contribution < -0.4 is 5.73 Å². The van der Waals surface area contributed by atoms with Crippen molar-refractivity contribution in [2.24, 2.45) is 5.73 Å². The van der Waals surface area contributed by atoms with E-state index in [4.69, 9.17) is 22.1 Å². The van der Waals surface area contributed by atoms with Gasteiger partial charge < -0.3 is 10.5 Å². The normalized spacial score (nSPS) is 17.5. The number of carbonyl (C=O) groups is 1. The summed E-state index contributed by atoms with van der Waals surface area (Å²) in [4.78, 5) is 11.0. The van der Waals surface area contributed by atoms with E-state index in [1.54, 1.807) is 0 Å². The van der Waals surface area contributed by atoms with Gasteiger partial charge in [-0.25, -0.2) is 0 Å². The van der Waals surface area contributed by atoms with Crippen molar-refractivity contribution in [3.05, 3.63) is 29.3 Å². The number of hydrogen-bond donors (Lipinski definition) is 1. The number of aromatic nitrogens is 3. The molecular weight excluding hydrogens is 336 g/mol. The summed E-state index contributed by atoms with van der Waals surface area (Å²) >= 11 is 7.24. The van der Waals surface area contributed by atoms with Crippen LogP contribution in [0.25, 0.3) is 11.4 Å². The molecule has 0 bridgehead atoms. The van der Waals surface area contributed by atoms with Gasteiger partial charge in [0.15, 0.2) is 11.0 Å². The summed E-state index contributed by atoms with van der Waals surface area (Å²) in [6, 6.07) is 7.44. The van der Waals surface area contributed by atoms with E-state index in [0.717, 1.165) is 30.8 Å². The van der Waals surface area contributed by atoms with Crippen LogP contribution in [0.5, 0.6) is 0 Å². The Morgan fingerprint density at radius 3 is 2.83 bits per heavy atom. The highest BCUT2D eigenvalue weighted by atomic mass is 35.5. The van der Waals surface area contributed by atoms with Crippen LogP contribution in [0.2, 0.25) is 5.02 Å². The Hall–Kier alpha value is -1.57. The predicted molar refractivity (Wildman–Crippen MR) is 89.4 cm³/mol. The van der Waals surface area contributed by atoms with Crippen LogP contribution in [0.4, 0.5) is 0 Å². The number of benzene rings is 1. The summed E-state index contributed by atoms with van der Waals surface area (Å²) in [5.41, 5.74) is 6.15. The lowest BCUT2D eigenvalue weighted by atomic mass is 10.2. The van der Waals surface area contributed by atoms with Crippen molar-refractivity contribution in [1.82, 2.24) is 14.8 Å². The molecular formula is C15H17ClN4O2S. The Balaban J connectivity index is 1.90. The fraction of sp³-hybridized carbons (Fsp3) is 0.400. The van der Waals surface area contributed by atoms with Crippen molar-refractivity contribution < 1.29 is 9.53 Å². The minimum Gasteiger partial charge on any atom is -0.376 e. The van der Waals surface area contributed by atoms with Crippen LogP contribution in [-0.4, -0.2) is 39.1 Å². The molecule has 23 heavy (non-hydrogen) atoms. The first-order valence-corrected chi connectivity index (χ1v) is 8.71. The number of hydrogen-bond acceptors (Lipinski definition) is 5. The topological polar surface area (TPSA) is 83.0 Å². The number of ether oxygens (including phenoxy) is 1. The van der Waals surface area contributed by atoms with E-state index < -0.39 is 0 Å². The van der Waals surface area contributed by atoms with E-state index in [0.29, 0.717) is 16.7 Å². The monoisotopic (exact) mass is 352 g/mol. The molecule has 1 amide bonds. The summed E-state index contributed by atoms with van der Waals surface area (Å²) in [6.45, 7) is 1.44. The van der Waals surface area contributed by atoms with Gasteiger partial charge >= 0.3 is 0 Å². The van der Waals surface area contributed by atoms with Gasteiger partial charge in [-0.3, -0.25) is 9.36 Å². The van der Waals surface area contributed by atoms with Crippen LogP contribution in [0.15, 0.2) is 29.4 Å². The third kappa shape index (κ3) is 4.04. The Morgan fingerprint density at radius 2 is 2.17 bits per heavy atom. The SMILES string of the molecule is NC(=O)CSc1nnc(-c2ccc(Cl)cc2)n1C[C@@H]1CCCO1. The Kier molecular flexibility index (Phi) is 5.20. The lowest BCUT2D eigenvalue weighted by Gasteiger charge is -2.14. The largest absolute Gasteiger partial charge is 0.376 e. The van der Waals surface area contributed by atoms with Crippen molar-refractivity contribution in [3.63, 3.8) is 0 Å². The molecule has 1 aromatic carbocycles. The van der Waals surface area contributed by atoms with Gasteiger partial charge in [0.2, 0.25) is 5.91 Å². The molecule has 2 aromatic rings. The molecule has 0 radical (unpaired) electrons. The molecule has 1 aliphatic heterocycles. The smallest absolute Gasteiger partial charge is 0.227 e. The van der Waals surface area contributed by atoms with Gasteiger partial charge in [0.05, 0.1) is 18.4 Å². The van der Waals surface area contributed by atoms with Gasteiger partial charge in [0.1, 0.15) is 0 Å². The van der Waals surface area contributed by atoms with Gasteiger partial charge in [-0.05, 0) is 37.1 Å². The molecule has 8 heteroatoms. The van der Waals surface area contributed by atoms with Crippen molar-refractivity contribution in [2.45, 2.75) is 30.6 Å². The number of halogens is 1. The van der Waals surface area contributed by atoms with Crippen LogP contribution >= 0.6 is 23.4 Å². The standard InChI is InChI=1S/C15H17ClN4O2S/c16-11-5-3-10(4-6-11)14-18-19-15(23-9-13(17)21)20(14)8-12-2-1-7-22-12/h3-6,12H,1-2,7-9H2,(H2,17,21)/t12-/m0/s1. The Labute approximate surface area is 143 Å². The second-order valence-electron chi connectivity index (χ2n) is 5.31. The summed E-state index contributed by atoms with van der Waals surface area (Å²) < 4.78 is 7.71. The third-order valence-electron chi connectivity index (χ3n) is 3.57. The summed E-state index contributed by atoms with van der Waals surface area (Å²) in [7, 11) is 0. The average molecular weight is 353 g/mol. The zero-order valence-corrected chi connectivity index (χ0v) is 14.0. The zero-order chi connectivity index (χ0) is 16.2. The molecule has 0 spiro atoms. The number of carbonyl (C=O) groups excluding carboxylic acids is 1. The Morgan fingerprint density at radius 1 is 1.39 bits per heavy atom. The highest BCUT2D eigenvalue weighted by Crippen LogP contribution is 2.27. The summed E-state index contributed by atoms with van der Waals surface area (Å²) in [5.74, 6) is 0.531. The molecule has 2 N–H and O–H groups in total. The first-order chi connectivity index (χ1) is 11.1. The van der Waals surface area contributed by atoms with Crippen molar-refractivity contribution in [3.8, 4) is 11.4 Å². The maximum atomic E-state index is 11.0. The van der Waals surface area contributed by atoms with Crippen LogP contribution in [-0.2, 0) is 16.1 Å². The maximum absolute atomic E-state index is 11.0. The number of rotatable bonds is 6. The number of thioether (sulfide) groups is 1. The molecule has 0 unspecified atom stereocenters. The van der Waals surface area contributed by atoms with E-state index in [9.17, 15) is 4.79 Å². The molecule has 0 saturated carbocycles. The molecule has 1 saturated heterocycles. The van der Waals surface area contributed by atoms with E-state index in [1.165, 1.54) is 11.8 Å². The average Bonchev–Trinajstić information content (AvgIpc) is 3.17. The fourth-order valence-electron chi connectivity index (χ4n) is 2.50. The van der Waals surface area contributed by atoms with Gasteiger partial charge in [-0.1, -0.05) is 23.4 Å².